The van der Waals surface area contributed by atoms with Gasteiger partial charge in [-0.25, -0.2) is 0 Å². The van der Waals surface area contributed by atoms with Crippen molar-refractivity contribution in [2.45, 2.75) is 21.6 Å². The van der Waals surface area contributed by atoms with Crippen LogP contribution in [0.15, 0.2) is 89.0 Å². The number of hydrogen-bond acceptors (Lipinski definition) is 4. The summed E-state index contributed by atoms with van der Waals surface area (Å²) in [5, 5.41) is 12.2. The molecule has 0 aliphatic rings. The fourth-order valence-electron chi connectivity index (χ4n) is 3.70. The van der Waals surface area contributed by atoms with Crippen molar-refractivity contribution in [1.82, 2.24) is 19.3 Å². The van der Waals surface area contributed by atoms with E-state index >= 15 is 0 Å². The zero-order chi connectivity index (χ0) is 22.8. The summed E-state index contributed by atoms with van der Waals surface area (Å²) in [6.07, 6.45) is 2.16. The van der Waals surface area contributed by atoms with Gasteiger partial charge in [0.05, 0.1) is 21.5 Å². The van der Waals surface area contributed by atoms with Crippen LogP contribution in [0.2, 0.25) is 10.0 Å². The Hall–Kier alpha value is -2.38. The van der Waals surface area contributed by atoms with Crippen LogP contribution in [-0.2, 0) is 18.6 Å². The lowest BCUT2D eigenvalue weighted by Crippen LogP contribution is -2.04. The van der Waals surface area contributed by atoms with Crippen molar-refractivity contribution in [2.75, 3.05) is 0 Å². The van der Waals surface area contributed by atoms with Crippen LogP contribution in [0.25, 0.3) is 16.6 Å². The number of fused-ring (bicyclic) bond motifs is 1. The predicted octanol–water partition coefficient (Wildman–Crippen LogP) is 7.65. The molecule has 0 bridgehead atoms. The van der Waals surface area contributed by atoms with Crippen LogP contribution in [0.3, 0.4) is 0 Å². The van der Waals surface area contributed by atoms with Gasteiger partial charge in [0.2, 0.25) is 0 Å². The fourth-order valence-corrected chi connectivity index (χ4v) is 6.21. The molecule has 0 amide bonds. The number of halogens is 2. The topological polar surface area (TPSA) is 35.6 Å². The minimum atomic E-state index is 0.570. The molecule has 3 aromatic carbocycles. The lowest BCUT2D eigenvalue weighted by Gasteiger charge is -2.13. The maximum Gasteiger partial charge on any atom is 0.196 e. The average Bonchev–Trinajstić information content (AvgIpc) is 3.38. The van der Waals surface area contributed by atoms with Crippen LogP contribution >= 0.6 is 46.7 Å². The van der Waals surface area contributed by atoms with Crippen LogP contribution in [0.4, 0.5) is 0 Å². The number of aryl methyl sites for hydroxylation is 1. The molecule has 0 N–H and O–H groups in total. The maximum atomic E-state index is 6.60. The molecule has 0 saturated heterocycles. The summed E-state index contributed by atoms with van der Waals surface area (Å²) < 4.78 is 4.14. The van der Waals surface area contributed by atoms with E-state index in [1.807, 2.05) is 41.0 Å². The van der Waals surface area contributed by atoms with E-state index in [1.54, 1.807) is 23.5 Å². The minimum absolute atomic E-state index is 0.570. The van der Waals surface area contributed by atoms with E-state index in [4.69, 9.17) is 23.2 Å². The van der Waals surface area contributed by atoms with Gasteiger partial charge in [0.15, 0.2) is 5.16 Å². The minimum Gasteiger partial charge on any atom is -0.349 e. The number of rotatable bonds is 7. The summed E-state index contributed by atoms with van der Waals surface area (Å²) in [4.78, 5) is 1.20. The summed E-state index contributed by atoms with van der Waals surface area (Å²) in [5.41, 5.74) is 3.14. The first kappa shape index (κ1) is 22.4. The summed E-state index contributed by atoms with van der Waals surface area (Å²) in [6, 6.07) is 24.2. The molecule has 0 spiro atoms. The van der Waals surface area contributed by atoms with Crippen molar-refractivity contribution in [1.29, 1.82) is 0 Å². The fraction of sp³-hybridized carbons (Fsp3) is 0.120. The van der Waals surface area contributed by atoms with E-state index in [-0.39, 0.29) is 0 Å². The molecule has 0 unspecified atom stereocenters. The lowest BCUT2D eigenvalue weighted by molar-refractivity contribution is 0.864. The summed E-state index contributed by atoms with van der Waals surface area (Å²) >= 11 is 16.6. The SMILES string of the molecule is Cn1cc(SCc2nnc(SCc3ccccc3)n2-c2c(Cl)cccc2Cl)c2ccccc21. The van der Waals surface area contributed by atoms with Gasteiger partial charge >= 0.3 is 0 Å². The maximum absolute atomic E-state index is 6.60. The van der Waals surface area contributed by atoms with Crippen LogP contribution in [0.5, 0.6) is 0 Å². The van der Waals surface area contributed by atoms with Gasteiger partial charge in [-0.1, -0.05) is 89.6 Å². The zero-order valence-corrected chi connectivity index (χ0v) is 20.9. The Morgan fingerprint density at radius 2 is 1.52 bits per heavy atom. The molecule has 5 rings (SSSR count). The molecular formula is C25H20Cl2N4S2. The van der Waals surface area contributed by atoms with Crippen molar-refractivity contribution >= 4 is 57.6 Å². The molecule has 0 aliphatic carbocycles. The van der Waals surface area contributed by atoms with Gasteiger partial charge < -0.3 is 4.57 Å². The number of hydrogen-bond donors (Lipinski definition) is 0. The first-order valence-corrected chi connectivity index (χ1v) is 13.1. The molecule has 2 heterocycles. The summed E-state index contributed by atoms with van der Waals surface area (Å²) in [5.74, 6) is 2.21. The van der Waals surface area contributed by atoms with E-state index in [1.165, 1.54) is 21.4 Å². The number of para-hydroxylation sites is 2. The first-order valence-electron chi connectivity index (χ1n) is 10.3. The van der Waals surface area contributed by atoms with Gasteiger partial charge in [0, 0.05) is 34.8 Å². The number of thioether (sulfide) groups is 2. The Kier molecular flexibility index (Phi) is 6.69. The molecule has 2 aromatic heterocycles. The highest BCUT2D eigenvalue weighted by molar-refractivity contribution is 7.99. The second-order valence-corrected chi connectivity index (χ2v) is 10.3. The van der Waals surface area contributed by atoms with E-state index in [0.717, 1.165) is 22.4 Å². The molecule has 0 atom stereocenters. The van der Waals surface area contributed by atoms with E-state index < -0.39 is 0 Å². The molecule has 0 saturated carbocycles. The van der Waals surface area contributed by atoms with Gasteiger partial charge in [0.1, 0.15) is 5.82 Å². The summed E-state index contributed by atoms with van der Waals surface area (Å²) in [7, 11) is 2.07. The highest BCUT2D eigenvalue weighted by Crippen LogP contribution is 2.36. The van der Waals surface area contributed by atoms with Crippen LogP contribution in [-0.4, -0.2) is 19.3 Å². The molecule has 5 aromatic rings. The van der Waals surface area contributed by atoms with Gasteiger partial charge in [0.25, 0.3) is 0 Å². The number of aromatic nitrogens is 4. The summed E-state index contributed by atoms with van der Waals surface area (Å²) in [6.45, 7) is 0. The standard InChI is InChI=1S/C25H20Cl2N4S2/c1-30-14-22(18-10-5-6-13-21(18)30)32-16-23-28-29-25(33-15-17-8-3-2-4-9-17)31(23)24-19(26)11-7-12-20(24)27/h2-14H,15-16H2,1H3. The van der Waals surface area contributed by atoms with Crippen LogP contribution < -0.4 is 0 Å². The Morgan fingerprint density at radius 3 is 2.30 bits per heavy atom. The Labute approximate surface area is 210 Å². The van der Waals surface area contributed by atoms with Crippen molar-refractivity contribution < 1.29 is 0 Å². The smallest absolute Gasteiger partial charge is 0.196 e. The Bertz CT molecular complexity index is 1390. The predicted molar refractivity (Wildman–Crippen MR) is 140 cm³/mol. The molecule has 4 nitrogen and oxygen atoms in total. The van der Waals surface area contributed by atoms with E-state index in [2.05, 4.69) is 64.4 Å². The zero-order valence-electron chi connectivity index (χ0n) is 17.8. The lowest BCUT2D eigenvalue weighted by atomic mass is 10.2. The monoisotopic (exact) mass is 510 g/mol. The van der Waals surface area contributed by atoms with Crippen molar-refractivity contribution in [2.24, 2.45) is 7.05 Å². The molecule has 0 radical (unpaired) electrons. The van der Waals surface area contributed by atoms with Gasteiger partial charge in [-0.2, -0.15) is 0 Å². The van der Waals surface area contributed by atoms with E-state index in [9.17, 15) is 0 Å². The molecule has 33 heavy (non-hydrogen) atoms. The Balaban J connectivity index is 1.49. The normalized spacial score (nSPS) is 11.4. The van der Waals surface area contributed by atoms with Crippen LogP contribution in [0, 0.1) is 0 Å². The van der Waals surface area contributed by atoms with Crippen LogP contribution in [0.1, 0.15) is 11.4 Å². The highest BCUT2D eigenvalue weighted by atomic mass is 35.5. The van der Waals surface area contributed by atoms with Crippen molar-refractivity contribution in [3.8, 4) is 5.69 Å². The third-order valence-corrected chi connectivity index (χ3v) is 7.94. The molecular weight excluding hydrogens is 491 g/mol. The van der Waals surface area contributed by atoms with Crippen molar-refractivity contribution in [3.05, 3.63) is 100 Å². The number of benzene rings is 3. The third-order valence-electron chi connectivity index (χ3n) is 5.29. The average molecular weight is 512 g/mol. The quantitative estimate of drug-likeness (QED) is 0.210. The molecule has 0 fully saturated rings. The Morgan fingerprint density at radius 1 is 0.788 bits per heavy atom. The first-order chi connectivity index (χ1) is 16.1. The largest absolute Gasteiger partial charge is 0.349 e. The second-order valence-electron chi connectivity index (χ2n) is 7.49. The molecule has 0 aliphatic heterocycles. The number of nitrogens with zero attached hydrogens (tertiary/aromatic N) is 4. The highest BCUT2D eigenvalue weighted by Gasteiger charge is 2.20. The van der Waals surface area contributed by atoms with Gasteiger partial charge in [-0.3, -0.25) is 4.57 Å². The molecule has 166 valence electrons. The van der Waals surface area contributed by atoms with Gasteiger partial charge in [-0.05, 0) is 23.8 Å². The van der Waals surface area contributed by atoms with E-state index in [0.29, 0.717) is 15.8 Å². The molecule has 8 heteroatoms. The van der Waals surface area contributed by atoms with Crippen molar-refractivity contribution in [3.63, 3.8) is 0 Å². The second kappa shape index (κ2) is 9.85. The van der Waals surface area contributed by atoms with Gasteiger partial charge in [-0.15, -0.1) is 22.0 Å². The third kappa shape index (κ3) is 4.66.